The molecule has 1 N–H and O–H groups in total. The Bertz CT molecular complexity index is 867. The predicted octanol–water partition coefficient (Wildman–Crippen LogP) is 5.56. The smallest absolute Gasteiger partial charge is 0.408 e. The van der Waals surface area contributed by atoms with E-state index in [0.29, 0.717) is 13.0 Å². The number of rotatable bonds is 9. The van der Waals surface area contributed by atoms with E-state index >= 15 is 0 Å². The second-order valence-corrected chi connectivity index (χ2v) is 9.35. The molecule has 0 bridgehead atoms. The van der Waals surface area contributed by atoms with E-state index in [9.17, 15) is 9.59 Å². The van der Waals surface area contributed by atoms with Crippen LogP contribution >= 0.6 is 0 Å². The second kappa shape index (κ2) is 11.6. The summed E-state index contributed by atoms with van der Waals surface area (Å²) >= 11 is 0. The third kappa shape index (κ3) is 9.41. The van der Waals surface area contributed by atoms with E-state index in [0.717, 1.165) is 16.9 Å². The number of alkyl carbamates (subject to hydrolysis) is 1. The Hall–Kier alpha value is -3.02. The Balaban J connectivity index is 1.87. The summed E-state index contributed by atoms with van der Waals surface area (Å²) in [4.78, 5) is 24.7. The third-order valence-corrected chi connectivity index (χ3v) is 4.51. The predicted molar refractivity (Wildman–Crippen MR) is 124 cm³/mol. The Kier molecular flexibility index (Phi) is 9.12. The van der Waals surface area contributed by atoms with Crippen molar-refractivity contribution in [2.75, 3.05) is 0 Å². The molecule has 32 heavy (non-hydrogen) atoms. The van der Waals surface area contributed by atoms with E-state index in [-0.39, 0.29) is 12.5 Å². The topological polar surface area (TPSA) is 73.9 Å². The normalized spacial score (nSPS) is 12.2. The zero-order valence-corrected chi connectivity index (χ0v) is 19.9. The van der Waals surface area contributed by atoms with Gasteiger partial charge in [0.05, 0.1) is 0 Å². The summed E-state index contributed by atoms with van der Waals surface area (Å²) in [6.45, 7) is 11.9. The van der Waals surface area contributed by atoms with Crippen LogP contribution in [0.4, 0.5) is 4.79 Å². The van der Waals surface area contributed by atoms with Crippen molar-refractivity contribution in [3.05, 3.63) is 65.2 Å². The molecule has 0 aliphatic carbocycles. The van der Waals surface area contributed by atoms with Gasteiger partial charge in [0.25, 0.3) is 0 Å². The highest BCUT2D eigenvalue weighted by atomic mass is 16.6. The number of hydrogen-bond acceptors (Lipinski definition) is 5. The maximum Gasteiger partial charge on any atom is 0.408 e. The number of carbonyl (C=O) groups is 2. The van der Waals surface area contributed by atoms with Gasteiger partial charge in [0, 0.05) is 0 Å². The first-order valence-electron chi connectivity index (χ1n) is 11.0. The van der Waals surface area contributed by atoms with E-state index < -0.39 is 23.7 Å². The Labute approximate surface area is 191 Å². The van der Waals surface area contributed by atoms with Gasteiger partial charge >= 0.3 is 12.1 Å². The molecule has 0 saturated heterocycles. The lowest BCUT2D eigenvalue weighted by Crippen LogP contribution is -2.44. The van der Waals surface area contributed by atoms with Crippen LogP contribution in [0.3, 0.4) is 0 Å². The third-order valence-electron chi connectivity index (χ3n) is 4.51. The molecule has 0 aromatic heterocycles. The van der Waals surface area contributed by atoms with Crippen LogP contribution in [0.15, 0.2) is 48.5 Å². The average molecular weight is 442 g/mol. The molecule has 2 aromatic rings. The van der Waals surface area contributed by atoms with Crippen molar-refractivity contribution in [1.82, 2.24) is 5.32 Å². The molecular weight excluding hydrogens is 406 g/mol. The van der Waals surface area contributed by atoms with Crippen LogP contribution in [-0.2, 0) is 27.5 Å². The van der Waals surface area contributed by atoms with Crippen molar-refractivity contribution in [3.63, 3.8) is 0 Å². The SMILES string of the molecule is Cc1ccc(COc2ccc(COC(=O)C(CC(C)C)NC(=O)OC(C)(C)C)cc2)cc1. The van der Waals surface area contributed by atoms with Crippen LogP contribution in [0.2, 0.25) is 0 Å². The number of hydrogen-bond donors (Lipinski definition) is 1. The molecule has 174 valence electrons. The molecule has 0 spiro atoms. The average Bonchev–Trinajstić information content (AvgIpc) is 2.70. The van der Waals surface area contributed by atoms with Crippen LogP contribution in [0.5, 0.6) is 5.75 Å². The van der Waals surface area contributed by atoms with Crippen LogP contribution in [0.1, 0.15) is 57.7 Å². The van der Waals surface area contributed by atoms with Gasteiger partial charge in [0.15, 0.2) is 0 Å². The second-order valence-electron chi connectivity index (χ2n) is 9.35. The van der Waals surface area contributed by atoms with E-state index in [1.807, 2.05) is 50.2 Å². The lowest BCUT2D eigenvalue weighted by Gasteiger charge is -2.23. The molecular formula is C26H35NO5. The minimum absolute atomic E-state index is 0.113. The summed E-state index contributed by atoms with van der Waals surface area (Å²) < 4.78 is 16.5. The van der Waals surface area contributed by atoms with Gasteiger partial charge in [-0.05, 0) is 63.3 Å². The van der Waals surface area contributed by atoms with Gasteiger partial charge in [0.2, 0.25) is 0 Å². The molecule has 6 nitrogen and oxygen atoms in total. The monoisotopic (exact) mass is 441 g/mol. The molecule has 2 rings (SSSR count). The van der Waals surface area contributed by atoms with Crippen molar-refractivity contribution in [3.8, 4) is 5.75 Å². The minimum Gasteiger partial charge on any atom is -0.489 e. The van der Waals surface area contributed by atoms with Crippen molar-refractivity contribution in [2.45, 2.75) is 72.8 Å². The van der Waals surface area contributed by atoms with Gasteiger partial charge in [-0.25, -0.2) is 9.59 Å². The van der Waals surface area contributed by atoms with Gasteiger partial charge in [-0.15, -0.1) is 0 Å². The number of aryl methyl sites for hydroxylation is 1. The molecule has 0 fully saturated rings. The van der Waals surface area contributed by atoms with E-state index in [1.54, 1.807) is 20.8 Å². The highest BCUT2D eigenvalue weighted by molar-refractivity contribution is 5.81. The van der Waals surface area contributed by atoms with Gasteiger partial charge in [-0.2, -0.15) is 0 Å². The molecule has 2 aromatic carbocycles. The van der Waals surface area contributed by atoms with Crippen LogP contribution in [-0.4, -0.2) is 23.7 Å². The van der Waals surface area contributed by atoms with Gasteiger partial charge in [0.1, 0.15) is 30.6 Å². The Morgan fingerprint density at radius 3 is 2.03 bits per heavy atom. The maximum absolute atomic E-state index is 12.6. The number of ether oxygens (including phenoxy) is 3. The molecule has 1 amide bonds. The Morgan fingerprint density at radius 2 is 1.47 bits per heavy atom. The highest BCUT2D eigenvalue weighted by Crippen LogP contribution is 2.16. The molecule has 6 heteroatoms. The first kappa shape index (κ1) is 25.2. The number of carbonyl (C=O) groups excluding carboxylic acids is 2. The molecule has 0 heterocycles. The largest absolute Gasteiger partial charge is 0.489 e. The number of benzene rings is 2. The summed E-state index contributed by atoms with van der Waals surface area (Å²) in [5, 5.41) is 2.63. The molecule has 0 radical (unpaired) electrons. The molecule has 1 atom stereocenters. The summed E-state index contributed by atoms with van der Waals surface area (Å²) in [5.41, 5.74) is 2.51. The lowest BCUT2D eigenvalue weighted by atomic mass is 10.0. The zero-order chi connectivity index (χ0) is 23.7. The zero-order valence-electron chi connectivity index (χ0n) is 19.9. The standard InChI is InChI=1S/C26H35NO5/c1-18(2)15-23(27-25(29)32-26(4,5)6)24(28)31-17-21-11-13-22(14-12-21)30-16-20-9-7-19(3)8-10-20/h7-14,18,23H,15-17H2,1-6H3,(H,27,29). The minimum atomic E-state index is -0.762. The number of nitrogens with one attached hydrogen (secondary N) is 1. The maximum atomic E-state index is 12.6. The first-order chi connectivity index (χ1) is 15.0. The van der Waals surface area contributed by atoms with E-state index in [2.05, 4.69) is 24.4 Å². The van der Waals surface area contributed by atoms with E-state index in [4.69, 9.17) is 14.2 Å². The van der Waals surface area contributed by atoms with Crippen molar-refractivity contribution >= 4 is 12.1 Å². The summed E-state index contributed by atoms with van der Waals surface area (Å²) in [6.07, 6.45) is -0.167. The fraction of sp³-hybridized carbons (Fsp3) is 0.462. The van der Waals surface area contributed by atoms with Crippen LogP contribution in [0.25, 0.3) is 0 Å². The van der Waals surface area contributed by atoms with Gasteiger partial charge in [-0.1, -0.05) is 55.8 Å². The molecule has 0 saturated carbocycles. The number of amides is 1. The van der Waals surface area contributed by atoms with Crippen LogP contribution in [0, 0.1) is 12.8 Å². The van der Waals surface area contributed by atoms with E-state index in [1.165, 1.54) is 5.56 Å². The van der Waals surface area contributed by atoms with Crippen molar-refractivity contribution in [2.24, 2.45) is 5.92 Å². The lowest BCUT2D eigenvalue weighted by molar-refractivity contribution is -0.148. The fourth-order valence-electron chi connectivity index (χ4n) is 2.92. The highest BCUT2D eigenvalue weighted by Gasteiger charge is 2.26. The summed E-state index contributed by atoms with van der Waals surface area (Å²) in [5.74, 6) is 0.460. The quantitative estimate of drug-likeness (QED) is 0.516. The van der Waals surface area contributed by atoms with Gasteiger partial charge < -0.3 is 19.5 Å². The number of esters is 1. The van der Waals surface area contributed by atoms with Crippen molar-refractivity contribution in [1.29, 1.82) is 0 Å². The van der Waals surface area contributed by atoms with Crippen LogP contribution < -0.4 is 10.1 Å². The Morgan fingerprint density at radius 1 is 0.906 bits per heavy atom. The first-order valence-corrected chi connectivity index (χ1v) is 11.0. The molecule has 1 unspecified atom stereocenters. The summed E-state index contributed by atoms with van der Waals surface area (Å²) in [7, 11) is 0. The van der Waals surface area contributed by atoms with Gasteiger partial charge in [-0.3, -0.25) is 0 Å². The summed E-state index contributed by atoms with van der Waals surface area (Å²) in [6, 6.07) is 14.9. The fourth-order valence-corrected chi connectivity index (χ4v) is 2.92. The molecule has 0 aliphatic heterocycles. The molecule has 0 aliphatic rings. The van der Waals surface area contributed by atoms with Crippen molar-refractivity contribution < 1.29 is 23.8 Å².